The maximum atomic E-state index is 12.3. The Bertz CT molecular complexity index is 1050. The van der Waals surface area contributed by atoms with Crippen LogP contribution in [-0.4, -0.2) is 20.9 Å². The normalized spacial score (nSPS) is 11.1. The molecule has 0 saturated carbocycles. The zero-order valence-corrected chi connectivity index (χ0v) is 17.2. The molecule has 0 aliphatic carbocycles. The van der Waals surface area contributed by atoms with Gasteiger partial charge >= 0.3 is 0 Å². The Balaban J connectivity index is 1.59. The van der Waals surface area contributed by atoms with Gasteiger partial charge in [-0.05, 0) is 40.7 Å². The summed E-state index contributed by atoms with van der Waals surface area (Å²) < 4.78 is 0. The molecular formula is C23H25N5O. The number of nitriles is 1. The minimum absolute atomic E-state index is 0.0900. The van der Waals surface area contributed by atoms with Crippen molar-refractivity contribution in [1.82, 2.24) is 15.0 Å². The predicted molar refractivity (Wildman–Crippen MR) is 112 cm³/mol. The third-order valence-corrected chi connectivity index (χ3v) is 4.72. The smallest absolute Gasteiger partial charge is 0.230 e. The van der Waals surface area contributed by atoms with Crippen molar-refractivity contribution in [3.8, 4) is 6.07 Å². The Labute approximate surface area is 171 Å². The second-order valence-corrected chi connectivity index (χ2v) is 8.19. The van der Waals surface area contributed by atoms with Crippen LogP contribution in [-0.2, 0) is 23.2 Å². The molecule has 0 aliphatic rings. The first-order valence-electron chi connectivity index (χ1n) is 9.53. The van der Waals surface area contributed by atoms with Crippen molar-refractivity contribution in [2.45, 2.75) is 46.1 Å². The van der Waals surface area contributed by atoms with Crippen LogP contribution < -0.4 is 5.32 Å². The molecule has 148 valence electrons. The van der Waals surface area contributed by atoms with Crippen LogP contribution in [0.1, 0.15) is 48.6 Å². The van der Waals surface area contributed by atoms with Crippen LogP contribution in [0.5, 0.6) is 0 Å². The Hall–Kier alpha value is -3.46. The predicted octanol–water partition coefficient (Wildman–Crippen LogP) is 3.99. The van der Waals surface area contributed by atoms with Crippen molar-refractivity contribution in [2.75, 3.05) is 5.32 Å². The van der Waals surface area contributed by atoms with Gasteiger partial charge in [0.15, 0.2) is 5.82 Å². The molecule has 0 spiro atoms. The van der Waals surface area contributed by atoms with E-state index in [-0.39, 0.29) is 17.7 Å². The number of carbonyl (C=O) groups is 1. The van der Waals surface area contributed by atoms with Crippen LogP contribution in [0.25, 0.3) is 0 Å². The number of benzene rings is 2. The second-order valence-electron chi connectivity index (χ2n) is 8.19. The van der Waals surface area contributed by atoms with Gasteiger partial charge in [0.05, 0.1) is 30.8 Å². The lowest BCUT2D eigenvalue weighted by Gasteiger charge is -2.19. The summed E-state index contributed by atoms with van der Waals surface area (Å²) in [6, 6.07) is 15.9. The molecule has 3 rings (SSSR count). The Morgan fingerprint density at radius 2 is 1.83 bits per heavy atom. The first-order valence-corrected chi connectivity index (χ1v) is 9.53. The summed E-state index contributed by atoms with van der Waals surface area (Å²) >= 11 is 0. The summed E-state index contributed by atoms with van der Waals surface area (Å²) in [6.45, 7) is 8.86. The molecule has 0 fully saturated rings. The van der Waals surface area contributed by atoms with Gasteiger partial charge in [-0.3, -0.25) is 4.79 Å². The van der Waals surface area contributed by atoms with Crippen LogP contribution in [0, 0.1) is 18.3 Å². The van der Waals surface area contributed by atoms with Gasteiger partial charge in [0.2, 0.25) is 5.91 Å². The lowest BCUT2D eigenvalue weighted by Crippen LogP contribution is -2.16. The first-order chi connectivity index (χ1) is 13.7. The van der Waals surface area contributed by atoms with Gasteiger partial charge in [0.25, 0.3) is 0 Å². The summed E-state index contributed by atoms with van der Waals surface area (Å²) in [5, 5.41) is 20.3. The molecule has 6 heteroatoms. The number of hydrogen-bond donors (Lipinski definition) is 1. The number of hydrogen-bond acceptors (Lipinski definition) is 4. The van der Waals surface area contributed by atoms with E-state index >= 15 is 0 Å². The van der Waals surface area contributed by atoms with Gasteiger partial charge in [-0.15, -0.1) is 5.10 Å². The van der Waals surface area contributed by atoms with E-state index in [1.54, 1.807) is 6.07 Å². The van der Waals surface area contributed by atoms with Crippen LogP contribution in [0.4, 0.5) is 5.82 Å². The van der Waals surface area contributed by atoms with Gasteiger partial charge < -0.3 is 5.32 Å². The molecule has 0 unspecified atom stereocenters. The Kier molecular flexibility index (Phi) is 5.79. The largest absolute Gasteiger partial charge is 0.308 e. The molecular weight excluding hydrogens is 362 g/mol. The fourth-order valence-corrected chi connectivity index (χ4v) is 3.04. The molecule has 0 radical (unpaired) electrons. The molecule has 2 aromatic carbocycles. The van der Waals surface area contributed by atoms with Crippen molar-refractivity contribution >= 4 is 11.7 Å². The summed E-state index contributed by atoms with van der Waals surface area (Å²) in [7, 11) is 0. The van der Waals surface area contributed by atoms with E-state index in [2.05, 4.69) is 54.5 Å². The van der Waals surface area contributed by atoms with Gasteiger partial charge in [0.1, 0.15) is 0 Å². The number of aryl methyl sites for hydroxylation is 1. The number of nitrogens with zero attached hydrogens (tertiary/aromatic N) is 4. The molecule has 0 aliphatic heterocycles. The van der Waals surface area contributed by atoms with E-state index in [1.807, 2.05) is 31.2 Å². The average Bonchev–Trinajstić information content (AvgIpc) is 3.08. The minimum atomic E-state index is -0.130. The maximum absolute atomic E-state index is 12.3. The zero-order valence-electron chi connectivity index (χ0n) is 17.2. The van der Waals surface area contributed by atoms with Crippen LogP contribution >= 0.6 is 0 Å². The molecule has 1 amide bonds. The van der Waals surface area contributed by atoms with Crippen molar-refractivity contribution in [3.05, 3.63) is 76.5 Å². The molecule has 1 aromatic heterocycles. The standard InChI is InChI=1S/C23H25N5O/c1-16-11-18(5-8-19(16)13-24)15-28-25-14-21(27-28)26-22(29)12-17-6-9-20(10-7-17)23(2,3)4/h5-11,14H,12,15H2,1-4H3,(H,26,27,29). The van der Waals surface area contributed by atoms with E-state index in [4.69, 9.17) is 5.26 Å². The number of carbonyl (C=O) groups excluding carboxylic acids is 1. The topological polar surface area (TPSA) is 83.6 Å². The quantitative estimate of drug-likeness (QED) is 0.718. The van der Waals surface area contributed by atoms with Crippen LogP contribution in [0.15, 0.2) is 48.7 Å². The third kappa shape index (κ3) is 5.29. The summed E-state index contributed by atoms with van der Waals surface area (Å²) in [5.41, 5.74) is 4.86. The molecule has 0 bridgehead atoms. The number of rotatable bonds is 5. The van der Waals surface area contributed by atoms with Gasteiger partial charge in [-0.2, -0.15) is 15.2 Å². The highest BCUT2D eigenvalue weighted by Gasteiger charge is 2.14. The molecule has 29 heavy (non-hydrogen) atoms. The van der Waals surface area contributed by atoms with Crippen molar-refractivity contribution < 1.29 is 4.79 Å². The Morgan fingerprint density at radius 3 is 2.45 bits per heavy atom. The number of nitrogens with one attached hydrogen (secondary N) is 1. The molecule has 6 nitrogen and oxygen atoms in total. The van der Waals surface area contributed by atoms with Gasteiger partial charge in [-0.1, -0.05) is 57.2 Å². The molecule has 0 saturated heterocycles. The first kappa shape index (κ1) is 20.3. The number of amides is 1. The lowest BCUT2D eigenvalue weighted by atomic mass is 9.86. The van der Waals surface area contributed by atoms with Gasteiger partial charge in [-0.25, -0.2) is 0 Å². The molecule has 1 N–H and O–H groups in total. The van der Waals surface area contributed by atoms with E-state index in [0.717, 1.165) is 16.7 Å². The van der Waals surface area contributed by atoms with Crippen molar-refractivity contribution in [1.29, 1.82) is 5.26 Å². The minimum Gasteiger partial charge on any atom is -0.308 e. The monoisotopic (exact) mass is 387 g/mol. The highest BCUT2D eigenvalue weighted by atomic mass is 16.1. The van der Waals surface area contributed by atoms with E-state index in [9.17, 15) is 4.79 Å². The van der Waals surface area contributed by atoms with Gasteiger partial charge in [0, 0.05) is 0 Å². The summed E-state index contributed by atoms with van der Waals surface area (Å²) in [6.07, 6.45) is 1.82. The zero-order chi connectivity index (χ0) is 21.0. The highest BCUT2D eigenvalue weighted by Crippen LogP contribution is 2.22. The fraction of sp³-hybridized carbons (Fsp3) is 0.304. The Morgan fingerprint density at radius 1 is 1.14 bits per heavy atom. The van der Waals surface area contributed by atoms with Crippen molar-refractivity contribution in [2.24, 2.45) is 0 Å². The number of aromatic nitrogens is 3. The van der Waals surface area contributed by atoms with Crippen LogP contribution in [0.3, 0.4) is 0 Å². The lowest BCUT2D eigenvalue weighted by molar-refractivity contribution is -0.115. The average molecular weight is 387 g/mol. The van der Waals surface area contributed by atoms with Crippen LogP contribution in [0.2, 0.25) is 0 Å². The third-order valence-electron chi connectivity index (χ3n) is 4.72. The molecule has 3 aromatic rings. The number of anilines is 1. The van der Waals surface area contributed by atoms with E-state index < -0.39 is 0 Å². The van der Waals surface area contributed by atoms with Crippen molar-refractivity contribution in [3.63, 3.8) is 0 Å². The maximum Gasteiger partial charge on any atom is 0.230 e. The summed E-state index contributed by atoms with van der Waals surface area (Å²) in [5.74, 6) is 0.293. The molecule has 0 atom stereocenters. The van der Waals surface area contributed by atoms with E-state index in [0.29, 0.717) is 17.9 Å². The van der Waals surface area contributed by atoms with E-state index in [1.165, 1.54) is 16.6 Å². The SMILES string of the molecule is Cc1cc(Cn2ncc(NC(=O)Cc3ccc(C(C)(C)C)cc3)n2)ccc1C#N. The second kappa shape index (κ2) is 8.27. The highest BCUT2D eigenvalue weighted by molar-refractivity contribution is 5.91. The molecule has 1 heterocycles. The summed E-state index contributed by atoms with van der Waals surface area (Å²) in [4.78, 5) is 13.9. The fourth-order valence-electron chi connectivity index (χ4n) is 3.04.